The molecule has 1 aromatic heterocycles. The molecular formula is C27H39F2N3O4. The van der Waals surface area contributed by atoms with Crippen molar-refractivity contribution >= 4 is 17.7 Å². The summed E-state index contributed by atoms with van der Waals surface area (Å²) in [7, 11) is 0. The Morgan fingerprint density at radius 2 is 2.00 bits per heavy atom. The zero-order valence-corrected chi connectivity index (χ0v) is 21.2. The van der Waals surface area contributed by atoms with Crippen LogP contribution >= 0.6 is 0 Å². The third kappa shape index (κ3) is 6.52. The van der Waals surface area contributed by atoms with Crippen molar-refractivity contribution in [2.45, 2.75) is 102 Å². The quantitative estimate of drug-likeness (QED) is 0.400. The first-order valence-electron chi connectivity index (χ1n) is 13.5. The highest BCUT2D eigenvalue weighted by Crippen LogP contribution is 2.45. The Bertz CT molecular complexity index is 926. The monoisotopic (exact) mass is 507 g/mol. The van der Waals surface area contributed by atoms with Crippen molar-refractivity contribution in [1.82, 2.24) is 10.3 Å². The first kappa shape index (κ1) is 26.8. The number of carbonyl (C=O) groups is 2. The number of aliphatic carboxylic acids is 1. The molecule has 1 aliphatic heterocycles. The van der Waals surface area contributed by atoms with Crippen molar-refractivity contribution in [3.63, 3.8) is 0 Å². The van der Waals surface area contributed by atoms with Crippen LogP contribution in [0.2, 0.25) is 0 Å². The number of amides is 1. The molecule has 2 saturated carbocycles. The van der Waals surface area contributed by atoms with Crippen molar-refractivity contribution in [3.8, 4) is 0 Å². The summed E-state index contributed by atoms with van der Waals surface area (Å²) in [5, 5.41) is 15.6. The molecule has 200 valence electrons. The molecule has 2 heterocycles. The third-order valence-corrected chi connectivity index (χ3v) is 8.41. The molecule has 0 spiro atoms. The molecule has 9 heteroatoms. The van der Waals surface area contributed by atoms with Gasteiger partial charge in [0.05, 0.1) is 6.10 Å². The highest BCUT2D eigenvalue weighted by molar-refractivity contribution is 5.87. The Balaban J connectivity index is 1.15. The fraction of sp³-hybridized carbons (Fsp3) is 0.741. The van der Waals surface area contributed by atoms with Crippen molar-refractivity contribution in [2.24, 2.45) is 11.3 Å². The number of ether oxygens (including phenoxy) is 1. The van der Waals surface area contributed by atoms with Crippen LogP contribution in [0.4, 0.5) is 14.6 Å². The van der Waals surface area contributed by atoms with Gasteiger partial charge >= 0.3 is 5.97 Å². The van der Waals surface area contributed by atoms with E-state index in [2.05, 4.69) is 22.8 Å². The fourth-order valence-corrected chi connectivity index (χ4v) is 5.66. The van der Waals surface area contributed by atoms with Gasteiger partial charge in [0.1, 0.15) is 11.9 Å². The number of hydrogen-bond donors (Lipinski definition) is 3. The normalized spacial score (nSPS) is 25.1. The first-order valence-corrected chi connectivity index (χ1v) is 13.5. The van der Waals surface area contributed by atoms with Crippen LogP contribution < -0.4 is 10.6 Å². The molecule has 0 saturated heterocycles. The van der Waals surface area contributed by atoms with Gasteiger partial charge in [-0.2, -0.15) is 0 Å². The van der Waals surface area contributed by atoms with Crippen molar-refractivity contribution in [3.05, 3.63) is 23.4 Å². The topological polar surface area (TPSA) is 101 Å². The molecule has 1 atom stereocenters. The lowest BCUT2D eigenvalue weighted by atomic mass is 9.70. The van der Waals surface area contributed by atoms with Crippen LogP contribution in [0.25, 0.3) is 0 Å². The average molecular weight is 508 g/mol. The minimum Gasteiger partial charge on any atom is -0.480 e. The summed E-state index contributed by atoms with van der Waals surface area (Å²) >= 11 is 0. The Labute approximate surface area is 211 Å². The predicted molar refractivity (Wildman–Crippen MR) is 132 cm³/mol. The maximum atomic E-state index is 13.6. The van der Waals surface area contributed by atoms with Crippen molar-refractivity contribution in [2.75, 3.05) is 18.5 Å². The number of nitrogens with zero attached hydrogens (tertiary/aromatic N) is 1. The third-order valence-electron chi connectivity index (χ3n) is 8.41. The maximum absolute atomic E-state index is 13.6. The number of aromatic nitrogens is 1. The highest BCUT2D eigenvalue weighted by Gasteiger charge is 2.47. The van der Waals surface area contributed by atoms with Crippen LogP contribution in [-0.2, 0) is 27.2 Å². The number of carbonyl (C=O) groups excluding carboxylic acids is 1. The van der Waals surface area contributed by atoms with Crippen LogP contribution in [0.15, 0.2) is 12.1 Å². The van der Waals surface area contributed by atoms with Crippen molar-refractivity contribution in [1.29, 1.82) is 0 Å². The smallest absolute Gasteiger partial charge is 0.326 e. The van der Waals surface area contributed by atoms with E-state index in [0.29, 0.717) is 12.3 Å². The van der Waals surface area contributed by atoms with Crippen LogP contribution in [0.5, 0.6) is 0 Å². The second kappa shape index (κ2) is 11.4. The largest absolute Gasteiger partial charge is 0.480 e. The van der Waals surface area contributed by atoms with Gasteiger partial charge < -0.3 is 20.5 Å². The van der Waals surface area contributed by atoms with Gasteiger partial charge in [-0.3, -0.25) is 4.79 Å². The molecule has 2 fully saturated rings. The lowest BCUT2D eigenvalue weighted by Crippen LogP contribution is -2.51. The van der Waals surface area contributed by atoms with E-state index in [9.17, 15) is 23.5 Å². The van der Waals surface area contributed by atoms with E-state index in [-0.39, 0.29) is 44.8 Å². The molecule has 3 aliphatic rings. The Hall–Kier alpha value is -2.29. The number of carboxylic acid groups (broad SMARTS) is 1. The molecule has 0 unspecified atom stereocenters. The summed E-state index contributed by atoms with van der Waals surface area (Å²) in [5.74, 6) is -2.70. The lowest BCUT2D eigenvalue weighted by molar-refractivity contribution is -0.148. The minimum atomic E-state index is -2.74. The molecule has 4 rings (SSSR count). The lowest BCUT2D eigenvalue weighted by Gasteiger charge is -2.39. The first-order chi connectivity index (χ1) is 17.2. The van der Waals surface area contributed by atoms with Crippen LogP contribution in [0.1, 0.15) is 82.4 Å². The number of nitrogens with one attached hydrogen (secondary N) is 2. The van der Waals surface area contributed by atoms with Gasteiger partial charge in [-0.15, -0.1) is 0 Å². The van der Waals surface area contributed by atoms with Crippen LogP contribution in [0.3, 0.4) is 0 Å². The van der Waals surface area contributed by atoms with Gasteiger partial charge in [-0.05, 0) is 75.3 Å². The summed E-state index contributed by atoms with van der Waals surface area (Å²) in [6.45, 7) is 3.02. The van der Waals surface area contributed by atoms with E-state index in [1.165, 1.54) is 5.56 Å². The molecule has 7 nitrogen and oxygen atoms in total. The Morgan fingerprint density at radius 3 is 2.69 bits per heavy atom. The summed E-state index contributed by atoms with van der Waals surface area (Å²) in [6, 6.07) is 3.23. The number of anilines is 1. The highest BCUT2D eigenvalue weighted by atomic mass is 19.3. The minimum absolute atomic E-state index is 0.0755. The second-order valence-electron chi connectivity index (χ2n) is 10.9. The number of aryl methyl sites for hydroxylation is 2. The maximum Gasteiger partial charge on any atom is 0.326 e. The standard InChI is InChI=1S/C27H39F2N3O4/c1-2-26(10-12-27(28,29)13-11-26)25(35)32-22(24(33)34)9-15-36-21-16-18(17-21)5-7-20-8-6-19-4-3-14-30-23(19)31-20/h6,8,18,21-22H,2-5,7,9-17H2,1H3,(H,30,31)(H,32,35)(H,33,34)/t18-,21-,22-/m0/s1. The molecule has 1 amide bonds. The fourth-order valence-electron chi connectivity index (χ4n) is 5.66. The Morgan fingerprint density at radius 1 is 1.25 bits per heavy atom. The zero-order valence-electron chi connectivity index (χ0n) is 21.2. The van der Waals surface area contributed by atoms with E-state index < -0.39 is 29.3 Å². The van der Waals surface area contributed by atoms with E-state index >= 15 is 0 Å². The molecule has 0 aromatic carbocycles. The number of pyridine rings is 1. The predicted octanol–water partition coefficient (Wildman–Crippen LogP) is 4.73. The number of rotatable bonds is 11. The average Bonchev–Trinajstić information content (AvgIpc) is 2.84. The van der Waals surface area contributed by atoms with E-state index in [1.54, 1.807) is 6.92 Å². The van der Waals surface area contributed by atoms with Crippen LogP contribution in [-0.4, -0.2) is 53.2 Å². The van der Waals surface area contributed by atoms with E-state index in [0.717, 1.165) is 56.6 Å². The summed E-state index contributed by atoms with van der Waals surface area (Å²) in [5.41, 5.74) is 1.49. The molecular weight excluding hydrogens is 468 g/mol. The molecule has 3 N–H and O–H groups in total. The molecule has 0 bridgehead atoms. The summed E-state index contributed by atoms with van der Waals surface area (Å²) in [4.78, 5) is 29.4. The second-order valence-corrected chi connectivity index (χ2v) is 10.9. The van der Waals surface area contributed by atoms with E-state index in [4.69, 9.17) is 9.72 Å². The number of carboxylic acids is 1. The summed E-state index contributed by atoms with van der Waals surface area (Å²) < 4.78 is 33.1. The molecule has 36 heavy (non-hydrogen) atoms. The molecule has 2 aliphatic carbocycles. The van der Waals surface area contributed by atoms with Gasteiger partial charge in [-0.25, -0.2) is 18.6 Å². The van der Waals surface area contributed by atoms with Gasteiger partial charge in [0, 0.05) is 43.5 Å². The number of fused-ring (bicyclic) bond motifs is 1. The summed E-state index contributed by atoms with van der Waals surface area (Å²) in [6.07, 6.45) is 6.28. The number of halogens is 2. The van der Waals surface area contributed by atoms with Crippen LogP contribution in [0, 0.1) is 11.3 Å². The van der Waals surface area contributed by atoms with Gasteiger partial charge in [0.2, 0.25) is 11.8 Å². The number of alkyl halides is 2. The molecule has 0 radical (unpaired) electrons. The SMILES string of the molecule is CCC1(C(=O)N[C@@H](CCO[C@H]2C[C@H](CCc3ccc4c(n3)NCCC4)C2)C(=O)O)CCC(F)(F)CC1. The molecule has 1 aromatic rings. The Kier molecular flexibility index (Phi) is 8.48. The van der Waals surface area contributed by atoms with Gasteiger partial charge in [0.25, 0.3) is 0 Å². The van der Waals surface area contributed by atoms with E-state index in [1.807, 2.05) is 0 Å². The number of hydrogen-bond acceptors (Lipinski definition) is 5. The van der Waals surface area contributed by atoms with Crippen molar-refractivity contribution < 1.29 is 28.2 Å². The van der Waals surface area contributed by atoms with Gasteiger partial charge in [0.15, 0.2) is 0 Å². The van der Waals surface area contributed by atoms with Gasteiger partial charge in [-0.1, -0.05) is 13.0 Å². The zero-order chi connectivity index (χ0) is 25.8.